The van der Waals surface area contributed by atoms with E-state index < -0.39 is 0 Å². The highest BCUT2D eigenvalue weighted by Gasteiger charge is 2.55. The maximum Gasteiger partial charge on any atom is 0.231 e. The SMILES string of the molecule is COc1ccc(OCC2CCN(C(=O)[C@@]34CNC[C@@H]3CN(C)C4)CC2)cc1. The van der Waals surface area contributed by atoms with Crippen LogP contribution in [-0.2, 0) is 4.79 Å². The minimum Gasteiger partial charge on any atom is -0.497 e. The molecular weight excluding hydrogens is 342 g/mol. The van der Waals surface area contributed by atoms with E-state index in [4.69, 9.17) is 9.47 Å². The summed E-state index contributed by atoms with van der Waals surface area (Å²) in [6, 6.07) is 7.72. The molecule has 0 radical (unpaired) electrons. The largest absolute Gasteiger partial charge is 0.497 e. The summed E-state index contributed by atoms with van der Waals surface area (Å²) in [6.45, 7) is 6.16. The molecule has 2 atom stereocenters. The number of amides is 1. The van der Waals surface area contributed by atoms with Crippen molar-refractivity contribution < 1.29 is 14.3 Å². The Morgan fingerprint density at radius 3 is 2.63 bits per heavy atom. The minimum absolute atomic E-state index is 0.193. The van der Waals surface area contributed by atoms with Gasteiger partial charge in [-0.25, -0.2) is 0 Å². The molecule has 148 valence electrons. The number of piperidine rings is 1. The molecule has 27 heavy (non-hydrogen) atoms. The lowest BCUT2D eigenvalue weighted by Crippen LogP contribution is -2.51. The number of carbonyl (C=O) groups is 1. The van der Waals surface area contributed by atoms with Gasteiger partial charge in [-0.15, -0.1) is 0 Å². The zero-order chi connectivity index (χ0) is 18.9. The smallest absolute Gasteiger partial charge is 0.231 e. The second-order valence-corrected chi connectivity index (χ2v) is 8.40. The van der Waals surface area contributed by atoms with E-state index in [1.165, 1.54) is 0 Å². The summed E-state index contributed by atoms with van der Waals surface area (Å²) in [5.41, 5.74) is -0.193. The van der Waals surface area contributed by atoms with Gasteiger partial charge in [-0.3, -0.25) is 4.79 Å². The summed E-state index contributed by atoms with van der Waals surface area (Å²) in [6.07, 6.45) is 2.04. The maximum absolute atomic E-state index is 13.3. The number of methoxy groups -OCH3 is 1. The molecule has 6 heteroatoms. The first kappa shape index (κ1) is 18.6. The molecule has 1 aromatic carbocycles. The summed E-state index contributed by atoms with van der Waals surface area (Å²) >= 11 is 0. The quantitative estimate of drug-likeness (QED) is 0.847. The van der Waals surface area contributed by atoms with Crippen molar-refractivity contribution >= 4 is 5.91 Å². The van der Waals surface area contributed by atoms with Crippen LogP contribution in [0, 0.1) is 17.3 Å². The zero-order valence-electron chi connectivity index (χ0n) is 16.4. The molecule has 0 unspecified atom stereocenters. The third kappa shape index (κ3) is 3.65. The van der Waals surface area contributed by atoms with Crippen molar-refractivity contribution in [2.75, 3.05) is 60.0 Å². The Labute approximate surface area is 161 Å². The van der Waals surface area contributed by atoms with Crippen LogP contribution < -0.4 is 14.8 Å². The molecule has 1 aromatic rings. The first-order chi connectivity index (χ1) is 13.1. The number of fused-ring (bicyclic) bond motifs is 1. The fourth-order valence-corrected chi connectivity index (χ4v) is 4.98. The Bertz CT molecular complexity index is 657. The third-order valence-electron chi connectivity index (χ3n) is 6.57. The normalized spacial score (nSPS) is 29.0. The number of carbonyl (C=O) groups excluding carboxylic acids is 1. The van der Waals surface area contributed by atoms with Gasteiger partial charge in [0.1, 0.15) is 11.5 Å². The standard InChI is InChI=1S/C21H31N3O3/c1-23-12-17-11-22-14-21(17,15-23)20(25)24-9-7-16(8-10-24)13-27-19-5-3-18(26-2)4-6-19/h3-6,16-17,22H,7-15H2,1-2H3/t17-,21-/m1/s1. The lowest BCUT2D eigenvalue weighted by molar-refractivity contribution is -0.143. The van der Waals surface area contributed by atoms with Crippen LogP contribution in [0.5, 0.6) is 11.5 Å². The van der Waals surface area contributed by atoms with Gasteiger partial charge in [-0.1, -0.05) is 0 Å². The molecule has 0 bridgehead atoms. The predicted molar refractivity (Wildman–Crippen MR) is 104 cm³/mol. The number of rotatable bonds is 5. The van der Waals surface area contributed by atoms with E-state index in [1.807, 2.05) is 24.3 Å². The van der Waals surface area contributed by atoms with Crippen molar-refractivity contribution in [2.24, 2.45) is 17.3 Å². The number of benzene rings is 1. The highest BCUT2D eigenvalue weighted by Crippen LogP contribution is 2.40. The molecule has 3 aliphatic rings. The number of hydrogen-bond acceptors (Lipinski definition) is 5. The maximum atomic E-state index is 13.3. The summed E-state index contributed by atoms with van der Waals surface area (Å²) < 4.78 is 11.1. The van der Waals surface area contributed by atoms with Gasteiger partial charge < -0.3 is 24.6 Å². The van der Waals surface area contributed by atoms with Crippen molar-refractivity contribution in [3.63, 3.8) is 0 Å². The zero-order valence-corrected chi connectivity index (χ0v) is 16.4. The van der Waals surface area contributed by atoms with Gasteiger partial charge in [-0.2, -0.15) is 0 Å². The third-order valence-corrected chi connectivity index (χ3v) is 6.57. The van der Waals surface area contributed by atoms with Gasteiger partial charge in [0.25, 0.3) is 0 Å². The van der Waals surface area contributed by atoms with Crippen LogP contribution in [-0.4, -0.2) is 75.7 Å². The average Bonchev–Trinajstić information content (AvgIpc) is 3.23. The molecule has 3 heterocycles. The summed E-state index contributed by atoms with van der Waals surface area (Å²) in [5, 5.41) is 3.46. The highest BCUT2D eigenvalue weighted by molar-refractivity contribution is 5.84. The number of nitrogens with one attached hydrogen (secondary N) is 1. The van der Waals surface area contributed by atoms with Crippen molar-refractivity contribution in [3.8, 4) is 11.5 Å². The minimum atomic E-state index is -0.193. The average molecular weight is 373 g/mol. The molecule has 4 rings (SSSR count). The van der Waals surface area contributed by atoms with E-state index >= 15 is 0 Å². The first-order valence-electron chi connectivity index (χ1n) is 10.1. The molecule has 3 saturated heterocycles. The fourth-order valence-electron chi connectivity index (χ4n) is 4.98. The van der Waals surface area contributed by atoms with Gasteiger partial charge in [-0.05, 0) is 50.1 Å². The lowest BCUT2D eigenvalue weighted by Gasteiger charge is -2.38. The molecular formula is C21H31N3O3. The van der Waals surface area contributed by atoms with E-state index in [0.717, 1.165) is 63.6 Å². The van der Waals surface area contributed by atoms with Gasteiger partial charge in [0.2, 0.25) is 5.91 Å². The molecule has 0 aliphatic carbocycles. The molecule has 1 amide bonds. The van der Waals surface area contributed by atoms with Crippen LogP contribution in [0.15, 0.2) is 24.3 Å². The number of nitrogens with zero attached hydrogens (tertiary/aromatic N) is 2. The molecule has 3 fully saturated rings. The number of likely N-dealkylation sites (tertiary alicyclic amines) is 2. The first-order valence-corrected chi connectivity index (χ1v) is 10.1. The second-order valence-electron chi connectivity index (χ2n) is 8.40. The van der Waals surface area contributed by atoms with E-state index in [2.05, 4.69) is 22.2 Å². The molecule has 3 aliphatic heterocycles. The van der Waals surface area contributed by atoms with Crippen LogP contribution in [0.1, 0.15) is 12.8 Å². The summed E-state index contributed by atoms with van der Waals surface area (Å²) in [4.78, 5) is 17.7. The molecule has 1 N–H and O–H groups in total. The van der Waals surface area contributed by atoms with Gasteiger partial charge in [0.05, 0.1) is 19.1 Å². The van der Waals surface area contributed by atoms with Gasteiger partial charge in [0.15, 0.2) is 0 Å². The van der Waals surface area contributed by atoms with Crippen LogP contribution >= 0.6 is 0 Å². The Balaban J connectivity index is 1.28. The van der Waals surface area contributed by atoms with Crippen molar-refractivity contribution in [3.05, 3.63) is 24.3 Å². The Hall–Kier alpha value is -1.79. The van der Waals surface area contributed by atoms with Crippen LogP contribution in [0.3, 0.4) is 0 Å². The van der Waals surface area contributed by atoms with Crippen LogP contribution in [0.4, 0.5) is 0 Å². The predicted octanol–water partition coefficient (Wildman–Crippen LogP) is 1.46. The summed E-state index contributed by atoms with van der Waals surface area (Å²) in [7, 11) is 3.80. The Morgan fingerprint density at radius 1 is 1.22 bits per heavy atom. The fraction of sp³-hybridized carbons (Fsp3) is 0.667. The van der Waals surface area contributed by atoms with E-state index in [0.29, 0.717) is 24.3 Å². The molecule has 6 nitrogen and oxygen atoms in total. The van der Waals surface area contributed by atoms with Crippen LogP contribution in [0.25, 0.3) is 0 Å². The van der Waals surface area contributed by atoms with Crippen molar-refractivity contribution in [1.82, 2.24) is 15.1 Å². The van der Waals surface area contributed by atoms with Crippen molar-refractivity contribution in [1.29, 1.82) is 0 Å². The molecule has 0 spiro atoms. The number of hydrogen-bond donors (Lipinski definition) is 1. The topological polar surface area (TPSA) is 54.0 Å². The second kappa shape index (κ2) is 7.68. The molecule has 0 saturated carbocycles. The summed E-state index contributed by atoms with van der Waals surface area (Å²) in [5.74, 6) is 3.06. The van der Waals surface area contributed by atoms with Crippen LogP contribution in [0.2, 0.25) is 0 Å². The van der Waals surface area contributed by atoms with Crippen molar-refractivity contribution in [2.45, 2.75) is 12.8 Å². The van der Waals surface area contributed by atoms with Gasteiger partial charge in [0, 0.05) is 45.2 Å². The Kier molecular flexibility index (Phi) is 5.28. The highest BCUT2D eigenvalue weighted by atomic mass is 16.5. The monoisotopic (exact) mass is 373 g/mol. The van der Waals surface area contributed by atoms with E-state index in [-0.39, 0.29) is 5.41 Å². The molecule has 0 aromatic heterocycles. The Morgan fingerprint density at radius 2 is 1.93 bits per heavy atom. The number of ether oxygens (including phenoxy) is 2. The lowest BCUT2D eigenvalue weighted by atomic mass is 9.79. The van der Waals surface area contributed by atoms with E-state index in [9.17, 15) is 4.79 Å². The van der Waals surface area contributed by atoms with E-state index in [1.54, 1.807) is 7.11 Å². The van der Waals surface area contributed by atoms with Gasteiger partial charge >= 0.3 is 0 Å².